The van der Waals surface area contributed by atoms with Gasteiger partial charge in [0.15, 0.2) is 5.76 Å². The molecule has 122 valence electrons. The van der Waals surface area contributed by atoms with Crippen LogP contribution >= 0.6 is 27.5 Å². The molecule has 7 heteroatoms. The summed E-state index contributed by atoms with van der Waals surface area (Å²) in [6, 6.07) is 12.6. The zero-order chi connectivity index (χ0) is 17.1. The van der Waals surface area contributed by atoms with Crippen LogP contribution < -0.4 is 5.32 Å². The minimum Gasteiger partial charge on any atom is -0.356 e. The summed E-state index contributed by atoms with van der Waals surface area (Å²) in [6.45, 7) is 0.187. The number of benzene rings is 2. The molecule has 0 fully saturated rings. The second-order valence-electron chi connectivity index (χ2n) is 5.00. The maximum absolute atomic E-state index is 12.9. The molecular formula is C17H11BrClFN2O2. The first-order chi connectivity index (χ1) is 11.5. The highest BCUT2D eigenvalue weighted by Crippen LogP contribution is 2.22. The number of nitrogens with one attached hydrogen (secondary N) is 1. The zero-order valence-electron chi connectivity index (χ0n) is 12.2. The Bertz CT molecular complexity index is 881. The van der Waals surface area contributed by atoms with Crippen molar-refractivity contribution in [3.8, 4) is 11.3 Å². The number of nitrogens with zero attached hydrogens (tertiary/aromatic N) is 1. The van der Waals surface area contributed by atoms with Gasteiger partial charge in [0.25, 0.3) is 5.91 Å². The predicted octanol–water partition coefficient (Wildman–Crippen LogP) is 4.83. The number of rotatable bonds is 4. The van der Waals surface area contributed by atoms with E-state index in [1.54, 1.807) is 36.4 Å². The van der Waals surface area contributed by atoms with Crippen molar-refractivity contribution in [1.29, 1.82) is 0 Å². The van der Waals surface area contributed by atoms with Gasteiger partial charge in [0.1, 0.15) is 11.5 Å². The van der Waals surface area contributed by atoms with Crippen LogP contribution in [0.3, 0.4) is 0 Å². The van der Waals surface area contributed by atoms with Gasteiger partial charge >= 0.3 is 0 Å². The van der Waals surface area contributed by atoms with Crippen LogP contribution in [-0.2, 0) is 6.54 Å². The Hall–Kier alpha value is -2.18. The van der Waals surface area contributed by atoms with Crippen molar-refractivity contribution in [3.05, 3.63) is 75.1 Å². The number of aromatic nitrogens is 1. The van der Waals surface area contributed by atoms with Crippen molar-refractivity contribution < 1.29 is 13.7 Å². The molecule has 0 bridgehead atoms. The number of carbonyl (C=O) groups excluding carboxylic acids is 1. The van der Waals surface area contributed by atoms with Gasteiger partial charge in [-0.05, 0) is 42.5 Å². The van der Waals surface area contributed by atoms with Crippen molar-refractivity contribution >= 4 is 33.4 Å². The molecule has 0 aliphatic heterocycles. The summed E-state index contributed by atoms with van der Waals surface area (Å²) in [5.74, 6) is -0.135. The standard InChI is InChI=1S/C17H11BrClFN2O2/c18-11-3-6-15(19)14(7-11)17(23)21-9-13-8-16(24-22-13)10-1-4-12(20)5-2-10/h1-8H,9H2,(H,21,23). The molecule has 0 saturated heterocycles. The SMILES string of the molecule is O=C(NCc1cc(-c2ccc(F)cc2)on1)c1cc(Br)ccc1Cl. The highest BCUT2D eigenvalue weighted by molar-refractivity contribution is 9.10. The molecule has 1 N–H and O–H groups in total. The van der Waals surface area contributed by atoms with Gasteiger partial charge in [0.2, 0.25) is 0 Å². The molecule has 0 unspecified atom stereocenters. The second kappa shape index (κ2) is 7.15. The van der Waals surface area contributed by atoms with E-state index < -0.39 is 0 Å². The van der Waals surface area contributed by atoms with Crippen LogP contribution in [0.1, 0.15) is 16.1 Å². The van der Waals surface area contributed by atoms with Crippen molar-refractivity contribution in [2.75, 3.05) is 0 Å². The van der Waals surface area contributed by atoms with Gasteiger partial charge in [-0.25, -0.2) is 4.39 Å². The number of hydrogen-bond donors (Lipinski definition) is 1. The number of hydrogen-bond acceptors (Lipinski definition) is 3. The van der Waals surface area contributed by atoms with E-state index in [4.69, 9.17) is 16.1 Å². The molecular weight excluding hydrogens is 399 g/mol. The molecule has 2 aromatic carbocycles. The summed E-state index contributed by atoms with van der Waals surface area (Å²) in [4.78, 5) is 12.2. The Balaban J connectivity index is 1.68. The lowest BCUT2D eigenvalue weighted by molar-refractivity contribution is 0.0950. The van der Waals surface area contributed by atoms with E-state index in [0.717, 1.165) is 4.47 Å². The maximum Gasteiger partial charge on any atom is 0.253 e. The largest absolute Gasteiger partial charge is 0.356 e. The summed E-state index contributed by atoms with van der Waals surface area (Å²) in [5, 5.41) is 6.99. The molecule has 0 saturated carbocycles. The Kier molecular flexibility index (Phi) is 4.97. The minimum atomic E-state index is -0.323. The van der Waals surface area contributed by atoms with E-state index in [2.05, 4.69) is 26.4 Å². The first-order valence-corrected chi connectivity index (χ1v) is 8.15. The average Bonchev–Trinajstić information content (AvgIpc) is 3.04. The Morgan fingerprint density at radius 2 is 1.96 bits per heavy atom. The lowest BCUT2D eigenvalue weighted by Crippen LogP contribution is -2.23. The van der Waals surface area contributed by atoms with E-state index in [9.17, 15) is 9.18 Å². The highest BCUT2D eigenvalue weighted by Gasteiger charge is 2.12. The lowest BCUT2D eigenvalue weighted by atomic mass is 10.1. The van der Waals surface area contributed by atoms with E-state index in [1.165, 1.54) is 12.1 Å². The van der Waals surface area contributed by atoms with E-state index in [1.807, 2.05) is 0 Å². The van der Waals surface area contributed by atoms with Gasteiger partial charge in [-0.1, -0.05) is 32.7 Å². The van der Waals surface area contributed by atoms with Crippen molar-refractivity contribution in [2.45, 2.75) is 6.54 Å². The van der Waals surface area contributed by atoms with Crippen molar-refractivity contribution in [3.63, 3.8) is 0 Å². The monoisotopic (exact) mass is 408 g/mol. The van der Waals surface area contributed by atoms with Gasteiger partial charge in [-0.3, -0.25) is 4.79 Å². The molecule has 3 aromatic rings. The van der Waals surface area contributed by atoms with Gasteiger partial charge in [0, 0.05) is 16.1 Å². The first-order valence-electron chi connectivity index (χ1n) is 6.98. The molecule has 0 radical (unpaired) electrons. The first kappa shape index (κ1) is 16.7. The number of halogens is 3. The second-order valence-corrected chi connectivity index (χ2v) is 6.32. The van der Waals surface area contributed by atoms with Gasteiger partial charge < -0.3 is 9.84 Å². The molecule has 4 nitrogen and oxygen atoms in total. The Morgan fingerprint density at radius 1 is 1.21 bits per heavy atom. The van der Waals surface area contributed by atoms with Crippen molar-refractivity contribution in [2.24, 2.45) is 0 Å². The topological polar surface area (TPSA) is 55.1 Å². The molecule has 0 aliphatic carbocycles. The predicted molar refractivity (Wildman–Crippen MR) is 92.2 cm³/mol. The quantitative estimate of drug-likeness (QED) is 0.672. The normalized spacial score (nSPS) is 10.6. The summed E-state index contributed by atoms with van der Waals surface area (Å²) in [6.07, 6.45) is 0. The molecule has 0 spiro atoms. The third kappa shape index (κ3) is 3.83. The van der Waals surface area contributed by atoms with Crippen LogP contribution in [0.15, 0.2) is 57.5 Å². The fourth-order valence-corrected chi connectivity index (χ4v) is 2.65. The van der Waals surface area contributed by atoms with Gasteiger partial charge in [-0.2, -0.15) is 0 Å². The molecule has 1 amide bonds. The fraction of sp³-hybridized carbons (Fsp3) is 0.0588. The number of amides is 1. The summed E-state index contributed by atoms with van der Waals surface area (Å²) in [7, 11) is 0. The minimum absolute atomic E-state index is 0.187. The Morgan fingerprint density at radius 3 is 2.71 bits per heavy atom. The van der Waals surface area contributed by atoms with Crippen LogP contribution in [0.5, 0.6) is 0 Å². The van der Waals surface area contributed by atoms with Crippen LogP contribution in [0.2, 0.25) is 5.02 Å². The van der Waals surface area contributed by atoms with Crippen LogP contribution in [-0.4, -0.2) is 11.1 Å². The lowest BCUT2D eigenvalue weighted by Gasteiger charge is -2.05. The number of carbonyl (C=O) groups is 1. The highest BCUT2D eigenvalue weighted by atomic mass is 79.9. The average molecular weight is 410 g/mol. The van der Waals surface area contributed by atoms with Gasteiger partial charge in [0.05, 0.1) is 17.1 Å². The molecule has 3 rings (SSSR count). The van der Waals surface area contributed by atoms with Crippen LogP contribution in [0, 0.1) is 5.82 Å². The fourth-order valence-electron chi connectivity index (χ4n) is 2.08. The summed E-state index contributed by atoms with van der Waals surface area (Å²) >= 11 is 9.33. The summed E-state index contributed by atoms with van der Waals surface area (Å²) < 4.78 is 18.9. The smallest absolute Gasteiger partial charge is 0.253 e. The third-order valence-electron chi connectivity index (χ3n) is 3.29. The van der Waals surface area contributed by atoms with E-state index in [0.29, 0.717) is 27.6 Å². The molecule has 24 heavy (non-hydrogen) atoms. The summed E-state index contributed by atoms with van der Waals surface area (Å²) in [5.41, 5.74) is 1.62. The third-order valence-corrected chi connectivity index (χ3v) is 4.11. The molecule has 0 atom stereocenters. The van der Waals surface area contributed by atoms with E-state index in [-0.39, 0.29) is 18.3 Å². The van der Waals surface area contributed by atoms with Crippen LogP contribution in [0.4, 0.5) is 4.39 Å². The van der Waals surface area contributed by atoms with E-state index >= 15 is 0 Å². The Labute approximate surface area is 150 Å². The van der Waals surface area contributed by atoms with Crippen molar-refractivity contribution in [1.82, 2.24) is 10.5 Å². The van der Waals surface area contributed by atoms with Gasteiger partial charge in [-0.15, -0.1) is 0 Å². The molecule has 1 aromatic heterocycles. The zero-order valence-corrected chi connectivity index (χ0v) is 14.6. The molecule has 1 heterocycles. The van der Waals surface area contributed by atoms with Crippen LogP contribution in [0.25, 0.3) is 11.3 Å². The molecule has 0 aliphatic rings. The maximum atomic E-state index is 12.9.